The van der Waals surface area contributed by atoms with Gasteiger partial charge in [-0.15, -0.1) is 0 Å². The van der Waals surface area contributed by atoms with E-state index >= 15 is 0 Å². The molecular formula is C22H21FN2O4. The molecule has 0 bridgehead atoms. The van der Waals surface area contributed by atoms with Crippen molar-refractivity contribution in [1.29, 1.82) is 0 Å². The van der Waals surface area contributed by atoms with Crippen molar-refractivity contribution >= 4 is 29.5 Å². The van der Waals surface area contributed by atoms with Gasteiger partial charge in [0.15, 0.2) is 0 Å². The van der Waals surface area contributed by atoms with Crippen molar-refractivity contribution in [3.05, 3.63) is 77.1 Å². The van der Waals surface area contributed by atoms with Crippen LogP contribution in [0.25, 0.3) is 17.7 Å². The molecule has 0 aromatic heterocycles. The number of ether oxygens (including phenoxy) is 1. The van der Waals surface area contributed by atoms with Crippen LogP contribution in [0, 0.1) is 5.82 Å². The van der Waals surface area contributed by atoms with Crippen LogP contribution in [0.15, 0.2) is 54.6 Å². The van der Waals surface area contributed by atoms with Crippen molar-refractivity contribution in [2.24, 2.45) is 0 Å². The van der Waals surface area contributed by atoms with Gasteiger partial charge in [0.05, 0.1) is 13.2 Å². The fourth-order valence-corrected chi connectivity index (χ4v) is 2.91. The lowest BCUT2D eigenvalue weighted by Gasteiger charge is -2.28. The van der Waals surface area contributed by atoms with Gasteiger partial charge in [-0.3, -0.25) is 14.8 Å². The van der Waals surface area contributed by atoms with E-state index in [2.05, 4.69) is 0 Å². The molecule has 1 aliphatic rings. The van der Waals surface area contributed by atoms with Crippen molar-refractivity contribution in [1.82, 2.24) is 10.4 Å². The van der Waals surface area contributed by atoms with Crippen molar-refractivity contribution < 1.29 is 23.9 Å². The summed E-state index contributed by atoms with van der Waals surface area (Å²) in [5.41, 5.74) is 4.17. The molecular weight excluding hydrogens is 375 g/mol. The number of halogens is 1. The Bertz CT molecular complexity index is 915. The molecule has 3 rings (SSSR count). The number of carbonyl (C=O) groups is 2. The van der Waals surface area contributed by atoms with Crippen molar-refractivity contribution in [2.75, 3.05) is 26.3 Å². The number of hydroxylamine groups is 1. The van der Waals surface area contributed by atoms with Gasteiger partial charge in [0.1, 0.15) is 5.82 Å². The molecule has 0 radical (unpaired) electrons. The quantitative estimate of drug-likeness (QED) is 0.353. The van der Waals surface area contributed by atoms with Crippen LogP contribution in [-0.4, -0.2) is 48.2 Å². The van der Waals surface area contributed by atoms with Gasteiger partial charge in [0, 0.05) is 24.7 Å². The summed E-state index contributed by atoms with van der Waals surface area (Å²) in [6, 6.07) is 13.0. The molecule has 29 heavy (non-hydrogen) atoms. The highest BCUT2D eigenvalue weighted by Gasteiger charge is 2.21. The van der Waals surface area contributed by atoms with E-state index in [4.69, 9.17) is 9.94 Å². The first kappa shape index (κ1) is 20.4. The molecule has 1 saturated heterocycles. The van der Waals surface area contributed by atoms with Gasteiger partial charge in [-0.1, -0.05) is 36.4 Å². The Kier molecular flexibility index (Phi) is 6.89. The Hall–Kier alpha value is -3.29. The Morgan fingerprint density at radius 3 is 2.24 bits per heavy atom. The highest BCUT2D eigenvalue weighted by Crippen LogP contribution is 2.22. The molecule has 6 nitrogen and oxygen atoms in total. The topological polar surface area (TPSA) is 78.9 Å². The van der Waals surface area contributed by atoms with Gasteiger partial charge in [0.2, 0.25) is 0 Å². The zero-order chi connectivity index (χ0) is 20.6. The first-order chi connectivity index (χ1) is 14.1. The number of benzene rings is 2. The second kappa shape index (κ2) is 9.77. The summed E-state index contributed by atoms with van der Waals surface area (Å²) in [6.07, 6.45) is 4.52. The molecule has 2 aromatic carbocycles. The molecule has 150 valence electrons. The molecule has 2 N–H and O–H groups in total. The molecule has 0 saturated carbocycles. The highest BCUT2D eigenvalue weighted by molar-refractivity contribution is 6.24. The first-order valence-electron chi connectivity index (χ1n) is 9.14. The van der Waals surface area contributed by atoms with Crippen LogP contribution in [0.4, 0.5) is 4.39 Å². The van der Waals surface area contributed by atoms with E-state index in [9.17, 15) is 14.0 Å². The predicted octanol–water partition coefficient (Wildman–Crippen LogP) is 2.74. The van der Waals surface area contributed by atoms with Crippen LogP contribution in [0.1, 0.15) is 16.7 Å². The van der Waals surface area contributed by atoms with Crippen LogP contribution < -0.4 is 5.48 Å². The Labute approximate surface area is 167 Å². The van der Waals surface area contributed by atoms with Crippen molar-refractivity contribution in [3.63, 3.8) is 0 Å². The largest absolute Gasteiger partial charge is 0.378 e. The van der Waals surface area contributed by atoms with Gasteiger partial charge in [0.25, 0.3) is 11.8 Å². The van der Waals surface area contributed by atoms with Gasteiger partial charge in [-0.05, 0) is 41.0 Å². The number of nitrogens with zero attached hydrogens (tertiary/aromatic N) is 1. The summed E-state index contributed by atoms with van der Waals surface area (Å²) >= 11 is 0. The van der Waals surface area contributed by atoms with E-state index < -0.39 is 5.91 Å². The number of hydrogen-bond acceptors (Lipinski definition) is 4. The molecule has 1 fully saturated rings. The van der Waals surface area contributed by atoms with E-state index in [1.54, 1.807) is 41.3 Å². The average molecular weight is 396 g/mol. The van der Waals surface area contributed by atoms with Crippen molar-refractivity contribution in [2.45, 2.75) is 0 Å². The average Bonchev–Trinajstić information content (AvgIpc) is 2.77. The zero-order valence-corrected chi connectivity index (χ0v) is 15.7. The predicted molar refractivity (Wildman–Crippen MR) is 107 cm³/mol. The summed E-state index contributed by atoms with van der Waals surface area (Å²) in [7, 11) is 0. The minimum atomic E-state index is -0.622. The number of carbonyl (C=O) groups excluding carboxylic acids is 2. The molecule has 0 atom stereocenters. The normalized spacial score (nSPS) is 14.8. The van der Waals surface area contributed by atoms with Gasteiger partial charge < -0.3 is 9.64 Å². The number of hydrogen-bond donors (Lipinski definition) is 2. The zero-order valence-electron chi connectivity index (χ0n) is 15.7. The van der Waals surface area contributed by atoms with Crippen LogP contribution >= 0.6 is 0 Å². The smallest absolute Gasteiger partial charge is 0.267 e. The summed E-state index contributed by atoms with van der Waals surface area (Å²) in [4.78, 5) is 25.9. The Morgan fingerprint density at radius 1 is 1.00 bits per heavy atom. The molecule has 2 aromatic rings. The van der Waals surface area contributed by atoms with E-state index in [1.165, 1.54) is 23.7 Å². The number of morpholine rings is 1. The summed E-state index contributed by atoms with van der Waals surface area (Å²) in [5, 5.41) is 8.52. The van der Waals surface area contributed by atoms with Gasteiger partial charge in [-0.25, -0.2) is 9.87 Å². The van der Waals surface area contributed by atoms with Gasteiger partial charge >= 0.3 is 0 Å². The molecule has 1 aliphatic heterocycles. The minimum Gasteiger partial charge on any atom is -0.378 e. The summed E-state index contributed by atoms with van der Waals surface area (Å²) in [5.74, 6) is -1.12. The third-order valence-corrected chi connectivity index (χ3v) is 4.47. The number of nitrogens with one attached hydrogen (secondary N) is 1. The second-order valence-corrected chi connectivity index (χ2v) is 6.45. The molecule has 1 heterocycles. The van der Waals surface area contributed by atoms with Crippen LogP contribution in [0.2, 0.25) is 0 Å². The highest BCUT2D eigenvalue weighted by atomic mass is 19.1. The van der Waals surface area contributed by atoms with E-state index in [1.807, 2.05) is 12.1 Å². The Morgan fingerprint density at radius 2 is 1.62 bits per heavy atom. The maximum Gasteiger partial charge on any atom is 0.267 e. The van der Waals surface area contributed by atoms with E-state index in [-0.39, 0.29) is 11.7 Å². The first-order valence-corrected chi connectivity index (χ1v) is 9.14. The third kappa shape index (κ3) is 5.60. The number of rotatable bonds is 5. The van der Waals surface area contributed by atoms with Crippen LogP contribution in [0.3, 0.4) is 0 Å². The van der Waals surface area contributed by atoms with Crippen molar-refractivity contribution in [3.8, 4) is 0 Å². The van der Waals surface area contributed by atoms with Crippen LogP contribution in [0.5, 0.6) is 0 Å². The fourth-order valence-electron chi connectivity index (χ4n) is 2.91. The monoisotopic (exact) mass is 396 g/mol. The Balaban J connectivity index is 1.89. The summed E-state index contributed by atoms with van der Waals surface area (Å²) < 4.78 is 18.7. The fraction of sp³-hybridized carbons (Fsp3) is 0.182. The molecule has 0 spiro atoms. The van der Waals surface area contributed by atoms with Crippen LogP contribution in [-0.2, 0) is 14.3 Å². The SMILES string of the molecule is O=C(/C=C/c1ccc(C=C(C(=O)N2CCOCC2)c2ccc(F)cc2)cc1)NO. The van der Waals surface area contributed by atoms with Gasteiger partial charge in [-0.2, -0.15) is 0 Å². The minimum absolute atomic E-state index is 0.136. The van der Waals surface area contributed by atoms with E-state index in [0.29, 0.717) is 37.4 Å². The lowest BCUT2D eigenvalue weighted by molar-refractivity contribution is -0.129. The van der Waals surface area contributed by atoms with E-state index in [0.717, 1.165) is 11.1 Å². The third-order valence-electron chi connectivity index (χ3n) is 4.47. The molecule has 2 amide bonds. The molecule has 7 heteroatoms. The lowest BCUT2D eigenvalue weighted by Crippen LogP contribution is -2.41. The summed E-state index contributed by atoms with van der Waals surface area (Å²) in [6.45, 7) is 2.00. The maximum absolute atomic E-state index is 13.4. The molecule has 0 unspecified atom stereocenters. The maximum atomic E-state index is 13.4. The lowest BCUT2D eigenvalue weighted by atomic mass is 10.0. The number of amides is 2. The second-order valence-electron chi connectivity index (χ2n) is 6.45. The standard InChI is InChI=1S/C22H21FN2O4/c23-19-8-6-18(7-9-19)20(22(27)25-11-13-29-14-12-25)15-17-3-1-16(2-4-17)5-10-21(26)24-28/h1-10,15,28H,11-14H2,(H,24,26)/b10-5+,20-15?. The molecule has 0 aliphatic carbocycles.